The van der Waals surface area contributed by atoms with Crippen LogP contribution in [0.2, 0.25) is 5.02 Å². The molecule has 0 unspecified atom stereocenters. The van der Waals surface area contributed by atoms with Gasteiger partial charge in [-0.2, -0.15) is 13.2 Å². The minimum atomic E-state index is -4.53. The molecule has 150 valence electrons. The van der Waals surface area contributed by atoms with E-state index in [2.05, 4.69) is 10.6 Å². The summed E-state index contributed by atoms with van der Waals surface area (Å²) in [6, 6.07) is 11.4. The van der Waals surface area contributed by atoms with Gasteiger partial charge in [0.2, 0.25) is 0 Å². The molecule has 1 aliphatic rings. The number of alkyl halides is 3. The molecule has 3 nitrogen and oxygen atoms in total. The fourth-order valence-electron chi connectivity index (χ4n) is 3.57. The van der Waals surface area contributed by atoms with E-state index in [-0.39, 0.29) is 21.4 Å². The van der Waals surface area contributed by atoms with Gasteiger partial charge in [-0.05, 0) is 61.0 Å². The second-order valence-electron chi connectivity index (χ2n) is 6.79. The van der Waals surface area contributed by atoms with Gasteiger partial charge in [-0.3, -0.25) is 0 Å². The van der Waals surface area contributed by atoms with E-state index in [0.29, 0.717) is 0 Å². The summed E-state index contributed by atoms with van der Waals surface area (Å²) in [5.41, 5.74) is 0.0576. The summed E-state index contributed by atoms with van der Waals surface area (Å²) in [4.78, 5) is 0. The zero-order valence-electron chi connectivity index (χ0n) is 15.2. The first kappa shape index (κ1) is 20.7. The Hall–Kier alpha value is -1.99. The summed E-state index contributed by atoms with van der Waals surface area (Å²) in [6.45, 7) is 0. The predicted molar refractivity (Wildman–Crippen MR) is 109 cm³/mol. The zero-order chi connectivity index (χ0) is 20.4. The highest BCUT2D eigenvalue weighted by molar-refractivity contribution is 7.80. The maximum absolute atomic E-state index is 13.1. The van der Waals surface area contributed by atoms with Gasteiger partial charge in [0.1, 0.15) is 5.75 Å². The topological polar surface area (TPSA) is 33.3 Å². The van der Waals surface area contributed by atoms with Gasteiger partial charge in [-0.15, -0.1) is 0 Å². The van der Waals surface area contributed by atoms with Gasteiger partial charge in [0, 0.05) is 5.69 Å². The average Bonchev–Trinajstić information content (AvgIpc) is 3.12. The number of hydrogen-bond donors (Lipinski definition) is 2. The van der Waals surface area contributed by atoms with Crippen molar-refractivity contribution in [2.75, 3.05) is 12.4 Å². The number of methoxy groups -OCH3 is 1. The summed E-state index contributed by atoms with van der Waals surface area (Å²) >= 11 is 11.1. The Labute approximate surface area is 172 Å². The molecule has 28 heavy (non-hydrogen) atoms. The monoisotopic (exact) mass is 428 g/mol. The van der Waals surface area contributed by atoms with Crippen LogP contribution in [0.3, 0.4) is 0 Å². The van der Waals surface area contributed by atoms with Gasteiger partial charge < -0.3 is 15.4 Å². The lowest BCUT2D eigenvalue weighted by atomic mass is 9.88. The Morgan fingerprint density at radius 3 is 2.32 bits per heavy atom. The van der Waals surface area contributed by atoms with Crippen LogP contribution < -0.4 is 15.4 Å². The van der Waals surface area contributed by atoms with Crippen molar-refractivity contribution in [2.45, 2.75) is 37.4 Å². The van der Waals surface area contributed by atoms with Gasteiger partial charge in [0.25, 0.3) is 0 Å². The minimum Gasteiger partial charge on any atom is -0.497 e. The Morgan fingerprint density at radius 2 is 1.75 bits per heavy atom. The molecule has 0 aromatic heterocycles. The molecule has 0 radical (unpaired) electrons. The second kappa shape index (κ2) is 8.17. The van der Waals surface area contributed by atoms with Gasteiger partial charge >= 0.3 is 6.18 Å². The summed E-state index contributed by atoms with van der Waals surface area (Å²) in [7, 11) is 1.61. The summed E-state index contributed by atoms with van der Waals surface area (Å²) in [6.07, 6.45) is -0.674. The van der Waals surface area contributed by atoms with Crippen molar-refractivity contribution in [3.05, 3.63) is 58.6 Å². The quantitative estimate of drug-likeness (QED) is 0.574. The number of halogens is 4. The fraction of sp³-hybridized carbons (Fsp3) is 0.350. The number of hydrogen-bond acceptors (Lipinski definition) is 2. The normalized spacial score (nSPS) is 15.9. The second-order valence-corrected chi connectivity index (χ2v) is 7.60. The first-order valence-electron chi connectivity index (χ1n) is 8.84. The van der Waals surface area contributed by atoms with Crippen molar-refractivity contribution in [1.29, 1.82) is 0 Å². The SMILES string of the molecule is COc1ccc(C2(NC(=S)Nc3ccc(Cl)c(C(F)(F)F)c3)CCCC2)cc1. The van der Waals surface area contributed by atoms with Gasteiger partial charge in [0.05, 0.1) is 23.2 Å². The lowest BCUT2D eigenvalue weighted by molar-refractivity contribution is -0.137. The molecular weight excluding hydrogens is 409 g/mol. The van der Waals surface area contributed by atoms with Gasteiger partial charge in [-0.1, -0.05) is 36.6 Å². The van der Waals surface area contributed by atoms with Crippen molar-refractivity contribution in [1.82, 2.24) is 5.32 Å². The molecule has 0 heterocycles. The van der Waals surface area contributed by atoms with Crippen LogP contribution in [0, 0.1) is 0 Å². The smallest absolute Gasteiger partial charge is 0.417 e. The van der Waals surface area contributed by atoms with Gasteiger partial charge in [-0.25, -0.2) is 0 Å². The van der Waals surface area contributed by atoms with Crippen LogP contribution in [0.1, 0.15) is 36.8 Å². The van der Waals surface area contributed by atoms with Crippen LogP contribution in [-0.2, 0) is 11.7 Å². The Morgan fingerprint density at radius 1 is 1.11 bits per heavy atom. The number of benzene rings is 2. The van der Waals surface area contributed by atoms with E-state index < -0.39 is 11.7 Å². The minimum absolute atomic E-state index is 0.233. The largest absolute Gasteiger partial charge is 0.497 e. The highest BCUT2D eigenvalue weighted by Crippen LogP contribution is 2.40. The number of anilines is 1. The maximum Gasteiger partial charge on any atom is 0.417 e. The summed E-state index contributed by atoms with van der Waals surface area (Å²) < 4.78 is 44.4. The van der Waals surface area contributed by atoms with Crippen LogP contribution in [0.25, 0.3) is 0 Å². The molecular formula is C20H20ClF3N2OS. The fourth-order valence-corrected chi connectivity index (χ4v) is 4.11. The number of rotatable bonds is 4. The van der Waals surface area contributed by atoms with Crippen LogP contribution in [0.4, 0.5) is 18.9 Å². The van der Waals surface area contributed by atoms with Crippen LogP contribution in [0.15, 0.2) is 42.5 Å². The first-order valence-corrected chi connectivity index (χ1v) is 9.63. The van der Waals surface area contributed by atoms with Crippen molar-refractivity contribution in [3.8, 4) is 5.75 Å². The standard InChI is InChI=1S/C20H20ClF3N2OS/c1-27-15-7-4-13(5-8-15)19(10-2-3-11-19)26-18(28)25-14-6-9-17(21)16(12-14)20(22,23)24/h4-9,12H,2-3,10-11H2,1H3,(H2,25,26,28). The number of ether oxygens (including phenoxy) is 1. The first-order chi connectivity index (χ1) is 13.2. The Balaban J connectivity index is 1.78. The zero-order valence-corrected chi connectivity index (χ0v) is 16.8. The Bertz CT molecular complexity index is 850. The molecule has 2 N–H and O–H groups in total. The third-order valence-electron chi connectivity index (χ3n) is 4.98. The third-order valence-corrected chi connectivity index (χ3v) is 5.52. The predicted octanol–water partition coefficient (Wildman–Crippen LogP) is 6.12. The maximum atomic E-state index is 13.1. The van der Waals surface area contributed by atoms with Crippen LogP contribution in [0.5, 0.6) is 5.75 Å². The van der Waals surface area contributed by atoms with Crippen LogP contribution >= 0.6 is 23.8 Å². The number of nitrogens with one attached hydrogen (secondary N) is 2. The lowest BCUT2D eigenvalue weighted by Gasteiger charge is -2.32. The van der Waals surface area contributed by atoms with Crippen molar-refractivity contribution >= 4 is 34.6 Å². The highest BCUT2D eigenvalue weighted by atomic mass is 35.5. The van der Waals surface area contributed by atoms with Crippen LogP contribution in [-0.4, -0.2) is 12.2 Å². The lowest BCUT2D eigenvalue weighted by Crippen LogP contribution is -2.45. The Kier molecular flexibility index (Phi) is 6.05. The third kappa shape index (κ3) is 4.52. The van der Waals surface area contributed by atoms with E-state index in [9.17, 15) is 13.2 Å². The van der Waals surface area contributed by atoms with E-state index in [1.807, 2.05) is 24.3 Å². The van der Waals surface area contributed by atoms with Crippen molar-refractivity contribution in [2.24, 2.45) is 0 Å². The molecule has 0 atom stereocenters. The van der Waals surface area contributed by atoms with E-state index in [4.69, 9.17) is 28.6 Å². The molecule has 0 aliphatic heterocycles. The summed E-state index contributed by atoms with van der Waals surface area (Å²) in [5.74, 6) is 0.762. The highest BCUT2D eigenvalue weighted by Gasteiger charge is 2.37. The van der Waals surface area contributed by atoms with Crippen molar-refractivity contribution in [3.63, 3.8) is 0 Å². The average molecular weight is 429 g/mol. The molecule has 0 spiro atoms. The summed E-state index contributed by atoms with van der Waals surface area (Å²) in [5, 5.41) is 6.12. The molecule has 0 bridgehead atoms. The molecule has 1 fully saturated rings. The number of thiocarbonyl (C=S) groups is 1. The molecule has 1 saturated carbocycles. The van der Waals surface area contributed by atoms with E-state index in [1.54, 1.807) is 7.11 Å². The molecule has 1 aliphatic carbocycles. The molecule has 0 amide bonds. The van der Waals surface area contributed by atoms with E-state index in [0.717, 1.165) is 43.1 Å². The molecule has 3 rings (SSSR count). The molecule has 2 aromatic carbocycles. The van der Waals surface area contributed by atoms with Crippen molar-refractivity contribution < 1.29 is 17.9 Å². The van der Waals surface area contributed by atoms with Gasteiger partial charge in [0.15, 0.2) is 5.11 Å². The molecule has 2 aromatic rings. The van der Waals surface area contributed by atoms with E-state index >= 15 is 0 Å². The molecule has 0 saturated heterocycles. The molecule has 8 heteroatoms. The van der Waals surface area contributed by atoms with E-state index in [1.165, 1.54) is 12.1 Å².